The fraction of sp³-hybridized carbons (Fsp3) is 0.167. The average Bonchev–Trinajstić information content (AvgIpc) is 3.17. The summed E-state index contributed by atoms with van der Waals surface area (Å²) in [5.41, 5.74) is 1.76. The molecule has 3 rings (SSSR count). The maximum atomic E-state index is 12.3. The van der Waals surface area contributed by atoms with Gasteiger partial charge in [0.1, 0.15) is 5.69 Å². The quantitative estimate of drug-likeness (QED) is 0.620. The van der Waals surface area contributed by atoms with Crippen molar-refractivity contribution in [1.29, 1.82) is 0 Å². The lowest BCUT2D eigenvalue weighted by atomic mass is 10.2. The Bertz CT molecular complexity index is 1020. The maximum Gasteiger partial charge on any atom is 0.337 e. The Kier molecular flexibility index (Phi) is 5.63. The number of hydrogen-bond donors (Lipinski definition) is 1. The summed E-state index contributed by atoms with van der Waals surface area (Å²) >= 11 is 0. The largest absolute Gasteiger partial charge is 0.465 e. The van der Waals surface area contributed by atoms with Gasteiger partial charge in [-0.25, -0.2) is 17.9 Å². The summed E-state index contributed by atoms with van der Waals surface area (Å²) in [6.45, 7) is 0.538. The standard InChI is InChI=1S/C18H18N4O4S/c1-26-18(23)14-5-7-15(8-6-14)27(24,25)20-11-13-22-12-9-17(21-22)16-4-2-3-10-19-16/h2-10,12,20H,11,13H2,1H3. The van der Waals surface area contributed by atoms with E-state index in [0.29, 0.717) is 6.54 Å². The molecule has 0 aliphatic carbocycles. The summed E-state index contributed by atoms with van der Waals surface area (Å²) in [6.07, 6.45) is 3.46. The first-order valence-corrected chi connectivity index (χ1v) is 9.61. The number of esters is 1. The van der Waals surface area contributed by atoms with Crippen molar-refractivity contribution >= 4 is 16.0 Å². The molecule has 0 radical (unpaired) electrons. The molecule has 1 N–H and O–H groups in total. The lowest BCUT2D eigenvalue weighted by molar-refractivity contribution is 0.0600. The van der Waals surface area contributed by atoms with E-state index in [2.05, 4.69) is 19.5 Å². The summed E-state index contributed by atoms with van der Waals surface area (Å²) in [5.74, 6) is -0.519. The number of rotatable bonds is 7. The van der Waals surface area contributed by atoms with Crippen molar-refractivity contribution in [2.75, 3.05) is 13.7 Å². The molecule has 0 unspecified atom stereocenters. The third kappa shape index (κ3) is 4.57. The highest BCUT2D eigenvalue weighted by atomic mass is 32.2. The van der Waals surface area contributed by atoms with E-state index in [1.807, 2.05) is 24.3 Å². The number of ether oxygens (including phenoxy) is 1. The number of carbonyl (C=O) groups excluding carboxylic acids is 1. The van der Waals surface area contributed by atoms with Gasteiger partial charge in [-0.2, -0.15) is 5.10 Å². The van der Waals surface area contributed by atoms with Crippen LogP contribution in [0.2, 0.25) is 0 Å². The molecule has 0 saturated carbocycles. The average molecular weight is 386 g/mol. The van der Waals surface area contributed by atoms with Crippen molar-refractivity contribution in [3.63, 3.8) is 0 Å². The molecule has 0 bridgehead atoms. The lowest BCUT2D eigenvalue weighted by Gasteiger charge is -2.07. The van der Waals surface area contributed by atoms with Crippen molar-refractivity contribution < 1.29 is 17.9 Å². The Hall–Kier alpha value is -3.04. The van der Waals surface area contributed by atoms with Crippen molar-refractivity contribution in [3.05, 3.63) is 66.5 Å². The third-order valence-corrected chi connectivity index (χ3v) is 5.26. The Labute approximate surface area is 156 Å². The number of nitrogens with one attached hydrogen (secondary N) is 1. The van der Waals surface area contributed by atoms with E-state index in [4.69, 9.17) is 0 Å². The van der Waals surface area contributed by atoms with Crippen molar-refractivity contribution in [2.24, 2.45) is 0 Å². The minimum absolute atomic E-state index is 0.0739. The van der Waals surface area contributed by atoms with Crippen LogP contribution in [0.15, 0.2) is 65.8 Å². The highest BCUT2D eigenvalue weighted by Gasteiger charge is 2.15. The number of hydrogen-bond acceptors (Lipinski definition) is 6. The van der Waals surface area contributed by atoms with E-state index in [1.54, 1.807) is 17.1 Å². The van der Waals surface area contributed by atoms with Crippen LogP contribution in [-0.2, 0) is 21.3 Å². The summed E-state index contributed by atoms with van der Waals surface area (Å²) in [6, 6.07) is 12.9. The molecule has 27 heavy (non-hydrogen) atoms. The van der Waals surface area contributed by atoms with Gasteiger partial charge in [0.05, 0.1) is 29.8 Å². The number of methoxy groups -OCH3 is 1. The lowest BCUT2D eigenvalue weighted by Crippen LogP contribution is -2.27. The van der Waals surface area contributed by atoms with Crippen LogP contribution >= 0.6 is 0 Å². The molecule has 0 atom stereocenters. The van der Waals surface area contributed by atoms with Gasteiger partial charge in [-0.05, 0) is 42.5 Å². The van der Waals surface area contributed by atoms with Gasteiger partial charge in [0.15, 0.2) is 0 Å². The zero-order valence-electron chi connectivity index (χ0n) is 14.6. The molecule has 0 fully saturated rings. The first-order chi connectivity index (χ1) is 13.0. The predicted octanol–water partition coefficient (Wildman–Crippen LogP) is 1.71. The van der Waals surface area contributed by atoms with E-state index < -0.39 is 16.0 Å². The van der Waals surface area contributed by atoms with Gasteiger partial charge in [-0.15, -0.1) is 0 Å². The normalized spacial score (nSPS) is 11.3. The molecule has 3 aromatic rings. The Balaban J connectivity index is 1.59. The van der Waals surface area contributed by atoms with Crippen LogP contribution < -0.4 is 4.72 Å². The number of benzene rings is 1. The Morgan fingerprint density at radius 2 is 1.89 bits per heavy atom. The Morgan fingerprint density at radius 1 is 1.11 bits per heavy atom. The molecule has 140 valence electrons. The molecule has 0 aliphatic heterocycles. The van der Waals surface area contributed by atoms with Crippen LogP contribution in [0.4, 0.5) is 0 Å². The summed E-state index contributed by atoms with van der Waals surface area (Å²) < 4.78 is 33.4. The fourth-order valence-corrected chi connectivity index (χ4v) is 3.42. The van der Waals surface area contributed by atoms with Crippen LogP contribution in [0.25, 0.3) is 11.4 Å². The number of nitrogens with zero attached hydrogens (tertiary/aromatic N) is 3. The molecular formula is C18H18N4O4S. The van der Waals surface area contributed by atoms with Crippen LogP contribution in [0.5, 0.6) is 0 Å². The van der Waals surface area contributed by atoms with E-state index in [0.717, 1.165) is 11.4 Å². The van der Waals surface area contributed by atoms with E-state index >= 15 is 0 Å². The minimum atomic E-state index is -3.68. The van der Waals surface area contributed by atoms with E-state index in [-0.39, 0.29) is 17.0 Å². The second kappa shape index (κ2) is 8.11. The second-order valence-corrected chi connectivity index (χ2v) is 7.36. The SMILES string of the molecule is COC(=O)c1ccc(S(=O)(=O)NCCn2ccc(-c3ccccn3)n2)cc1. The maximum absolute atomic E-state index is 12.3. The number of sulfonamides is 1. The highest BCUT2D eigenvalue weighted by molar-refractivity contribution is 7.89. The zero-order chi connectivity index (χ0) is 19.3. The summed E-state index contributed by atoms with van der Waals surface area (Å²) in [7, 11) is -2.41. The molecule has 0 spiro atoms. The van der Waals surface area contributed by atoms with Gasteiger partial charge < -0.3 is 4.74 Å². The smallest absolute Gasteiger partial charge is 0.337 e. The van der Waals surface area contributed by atoms with Crippen LogP contribution in [0.1, 0.15) is 10.4 Å². The van der Waals surface area contributed by atoms with Crippen molar-refractivity contribution in [2.45, 2.75) is 11.4 Å². The van der Waals surface area contributed by atoms with Gasteiger partial charge in [0, 0.05) is 18.9 Å². The number of pyridine rings is 1. The van der Waals surface area contributed by atoms with Gasteiger partial charge in [-0.1, -0.05) is 6.07 Å². The molecule has 2 aromatic heterocycles. The molecule has 9 heteroatoms. The molecule has 0 saturated heterocycles. The number of aromatic nitrogens is 3. The van der Waals surface area contributed by atoms with Gasteiger partial charge >= 0.3 is 5.97 Å². The summed E-state index contributed by atoms with van der Waals surface area (Å²) in [4.78, 5) is 15.7. The zero-order valence-corrected chi connectivity index (χ0v) is 15.4. The van der Waals surface area contributed by atoms with Gasteiger partial charge in [0.25, 0.3) is 0 Å². The van der Waals surface area contributed by atoms with Gasteiger partial charge in [0.2, 0.25) is 10.0 Å². The van der Waals surface area contributed by atoms with Gasteiger partial charge in [-0.3, -0.25) is 9.67 Å². The first kappa shape index (κ1) is 18.7. The topological polar surface area (TPSA) is 103 Å². The number of carbonyl (C=O) groups is 1. The van der Waals surface area contributed by atoms with Crippen LogP contribution in [0.3, 0.4) is 0 Å². The fourth-order valence-electron chi connectivity index (χ4n) is 2.40. The van der Waals surface area contributed by atoms with Crippen molar-refractivity contribution in [3.8, 4) is 11.4 Å². The Morgan fingerprint density at radius 3 is 2.56 bits per heavy atom. The molecule has 0 aliphatic rings. The monoisotopic (exact) mass is 386 g/mol. The molecular weight excluding hydrogens is 368 g/mol. The van der Waals surface area contributed by atoms with E-state index in [1.165, 1.54) is 31.4 Å². The first-order valence-electron chi connectivity index (χ1n) is 8.12. The molecule has 2 heterocycles. The van der Waals surface area contributed by atoms with Crippen LogP contribution in [-0.4, -0.2) is 42.8 Å². The minimum Gasteiger partial charge on any atom is -0.465 e. The molecule has 0 amide bonds. The second-order valence-electron chi connectivity index (χ2n) is 5.59. The van der Waals surface area contributed by atoms with E-state index in [9.17, 15) is 13.2 Å². The molecule has 8 nitrogen and oxygen atoms in total. The summed E-state index contributed by atoms with van der Waals surface area (Å²) in [5, 5.41) is 4.38. The highest BCUT2D eigenvalue weighted by Crippen LogP contribution is 2.13. The molecule has 1 aromatic carbocycles. The third-order valence-electron chi connectivity index (χ3n) is 3.79. The van der Waals surface area contributed by atoms with Crippen LogP contribution in [0, 0.1) is 0 Å². The predicted molar refractivity (Wildman–Crippen MR) is 98.4 cm³/mol. The van der Waals surface area contributed by atoms with Crippen molar-refractivity contribution in [1.82, 2.24) is 19.5 Å².